The molecule has 0 radical (unpaired) electrons. The van der Waals surface area contributed by atoms with Crippen LogP contribution in [0.4, 0.5) is 0 Å². The van der Waals surface area contributed by atoms with Crippen molar-refractivity contribution < 1.29 is 9.90 Å². The maximum absolute atomic E-state index is 12.2. The van der Waals surface area contributed by atoms with Crippen molar-refractivity contribution in [3.8, 4) is 0 Å². The van der Waals surface area contributed by atoms with E-state index in [0.717, 1.165) is 45.3 Å². The van der Waals surface area contributed by atoms with E-state index >= 15 is 0 Å². The van der Waals surface area contributed by atoms with Crippen molar-refractivity contribution in [2.24, 2.45) is 17.3 Å². The smallest absolute Gasteiger partial charge is 0.142 e. The Morgan fingerprint density at radius 2 is 2.18 bits per heavy atom. The van der Waals surface area contributed by atoms with E-state index in [4.69, 9.17) is 0 Å². The van der Waals surface area contributed by atoms with Gasteiger partial charge in [-0.05, 0) is 38.1 Å². The highest BCUT2D eigenvalue weighted by molar-refractivity contribution is 5.88. The number of aliphatic hydroxyl groups excluding tert-OH is 1. The molecular weight excluding hydrogens is 214 g/mol. The maximum Gasteiger partial charge on any atom is 0.142 e. The summed E-state index contributed by atoms with van der Waals surface area (Å²) in [5, 5.41) is 9.21. The van der Waals surface area contributed by atoms with Crippen LogP contribution < -0.4 is 0 Å². The Labute approximate surface area is 104 Å². The van der Waals surface area contributed by atoms with Gasteiger partial charge in [0.2, 0.25) is 0 Å². The molecule has 1 heterocycles. The van der Waals surface area contributed by atoms with E-state index < -0.39 is 0 Å². The van der Waals surface area contributed by atoms with Crippen LogP contribution in [0.3, 0.4) is 0 Å². The molecule has 0 aromatic rings. The predicted octanol–water partition coefficient (Wildman–Crippen LogP) is 1.70. The van der Waals surface area contributed by atoms with Crippen molar-refractivity contribution in [2.45, 2.75) is 39.5 Å². The topological polar surface area (TPSA) is 40.5 Å². The quantitative estimate of drug-likeness (QED) is 0.815. The van der Waals surface area contributed by atoms with Gasteiger partial charge in [0.1, 0.15) is 5.78 Å². The molecule has 1 saturated heterocycles. The molecule has 2 rings (SSSR count). The van der Waals surface area contributed by atoms with E-state index in [0.29, 0.717) is 18.3 Å². The zero-order valence-electron chi connectivity index (χ0n) is 11.1. The number of hydrogen-bond acceptors (Lipinski definition) is 3. The molecule has 0 bridgehead atoms. The lowest BCUT2D eigenvalue weighted by Gasteiger charge is -2.33. The molecule has 3 nitrogen and oxygen atoms in total. The van der Waals surface area contributed by atoms with Gasteiger partial charge in [-0.3, -0.25) is 4.79 Å². The summed E-state index contributed by atoms with van der Waals surface area (Å²) in [6, 6.07) is 0. The zero-order chi connectivity index (χ0) is 12.5. The third-order valence-corrected chi connectivity index (χ3v) is 4.50. The van der Waals surface area contributed by atoms with Gasteiger partial charge in [-0.25, -0.2) is 0 Å². The Hall–Kier alpha value is -0.410. The van der Waals surface area contributed by atoms with Crippen molar-refractivity contribution in [1.29, 1.82) is 0 Å². The highest BCUT2D eigenvalue weighted by Crippen LogP contribution is 2.38. The molecule has 1 N–H and O–H groups in total. The fraction of sp³-hybridized carbons (Fsp3) is 0.929. The van der Waals surface area contributed by atoms with Gasteiger partial charge in [-0.1, -0.05) is 13.8 Å². The van der Waals surface area contributed by atoms with Crippen molar-refractivity contribution in [3.05, 3.63) is 0 Å². The second-order valence-corrected chi connectivity index (χ2v) is 6.43. The molecule has 3 heteroatoms. The van der Waals surface area contributed by atoms with Gasteiger partial charge in [0, 0.05) is 31.0 Å². The van der Waals surface area contributed by atoms with Gasteiger partial charge in [0.25, 0.3) is 0 Å². The van der Waals surface area contributed by atoms with Crippen LogP contribution in [0.2, 0.25) is 0 Å². The lowest BCUT2D eigenvalue weighted by Crippen LogP contribution is -2.41. The van der Waals surface area contributed by atoms with Gasteiger partial charge < -0.3 is 10.0 Å². The summed E-state index contributed by atoms with van der Waals surface area (Å²) in [7, 11) is 0. The van der Waals surface area contributed by atoms with Crippen LogP contribution in [-0.4, -0.2) is 42.0 Å². The van der Waals surface area contributed by atoms with Crippen LogP contribution in [0.1, 0.15) is 39.5 Å². The number of likely N-dealkylation sites (tertiary alicyclic amines) is 1. The number of ketones is 1. The van der Waals surface area contributed by atoms with Gasteiger partial charge >= 0.3 is 0 Å². The molecular formula is C14H25NO2. The number of Topliss-reactive ketones (excluding diaryl/α,β-unsaturated/α-hetero) is 1. The molecule has 17 heavy (non-hydrogen) atoms. The van der Waals surface area contributed by atoms with Gasteiger partial charge in [0.15, 0.2) is 0 Å². The fourth-order valence-corrected chi connectivity index (χ4v) is 3.29. The molecule has 0 aromatic heterocycles. The number of hydrogen-bond donors (Lipinski definition) is 1. The Morgan fingerprint density at radius 3 is 2.76 bits per heavy atom. The first-order chi connectivity index (χ1) is 8.03. The van der Waals surface area contributed by atoms with Crippen LogP contribution in [0.5, 0.6) is 0 Å². The van der Waals surface area contributed by atoms with E-state index in [9.17, 15) is 9.90 Å². The zero-order valence-corrected chi connectivity index (χ0v) is 11.1. The van der Waals surface area contributed by atoms with Crippen molar-refractivity contribution in [3.63, 3.8) is 0 Å². The Kier molecular flexibility index (Phi) is 3.88. The molecule has 1 aliphatic heterocycles. The van der Waals surface area contributed by atoms with Crippen molar-refractivity contribution >= 4 is 5.78 Å². The third-order valence-electron chi connectivity index (χ3n) is 4.50. The molecule has 0 aromatic carbocycles. The van der Waals surface area contributed by atoms with Crippen LogP contribution in [0.25, 0.3) is 0 Å². The van der Waals surface area contributed by atoms with E-state index in [1.165, 1.54) is 0 Å². The number of nitrogens with zero attached hydrogens (tertiary/aromatic N) is 1. The lowest BCUT2D eigenvalue weighted by atomic mass is 9.88. The minimum Gasteiger partial charge on any atom is -0.396 e. The van der Waals surface area contributed by atoms with E-state index in [2.05, 4.69) is 18.7 Å². The number of aliphatic hydroxyl groups is 1. The molecule has 0 spiro atoms. The molecule has 98 valence electrons. The average Bonchev–Trinajstić information content (AvgIpc) is 2.57. The highest BCUT2D eigenvalue weighted by Gasteiger charge is 2.41. The van der Waals surface area contributed by atoms with E-state index in [1.54, 1.807) is 0 Å². The minimum atomic E-state index is -0.100. The van der Waals surface area contributed by atoms with Crippen LogP contribution >= 0.6 is 0 Å². The molecule has 1 saturated carbocycles. The summed E-state index contributed by atoms with van der Waals surface area (Å²) in [5.74, 6) is 1.11. The number of carbonyl (C=O) groups is 1. The summed E-state index contributed by atoms with van der Waals surface area (Å²) < 4.78 is 0. The van der Waals surface area contributed by atoms with E-state index in [1.807, 2.05) is 0 Å². The third kappa shape index (κ3) is 2.89. The van der Waals surface area contributed by atoms with Gasteiger partial charge in [-0.2, -0.15) is 0 Å². The molecule has 0 amide bonds. The van der Waals surface area contributed by atoms with Gasteiger partial charge in [0.05, 0.1) is 0 Å². The van der Waals surface area contributed by atoms with Crippen LogP contribution in [0, 0.1) is 17.3 Å². The summed E-state index contributed by atoms with van der Waals surface area (Å²) in [6.45, 7) is 7.42. The summed E-state index contributed by atoms with van der Waals surface area (Å²) >= 11 is 0. The first kappa shape index (κ1) is 13.0. The Morgan fingerprint density at radius 1 is 1.41 bits per heavy atom. The standard InChI is InChI=1S/C14H25NO2/c1-14(2)6-5-12(13(14)17)9-15-7-3-4-11(8-15)10-16/h11-12,16H,3-10H2,1-2H3. The van der Waals surface area contributed by atoms with Crippen LogP contribution in [0.15, 0.2) is 0 Å². The number of carbonyl (C=O) groups excluding carboxylic acids is 1. The first-order valence-corrected chi connectivity index (χ1v) is 6.90. The maximum atomic E-state index is 12.2. The normalized spacial score (nSPS) is 34.2. The largest absolute Gasteiger partial charge is 0.396 e. The molecule has 2 fully saturated rings. The highest BCUT2D eigenvalue weighted by atomic mass is 16.3. The predicted molar refractivity (Wildman–Crippen MR) is 67.8 cm³/mol. The monoisotopic (exact) mass is 239 g/mol. The van der Waals surface area contributed by atoms with Crippen molar-refractivity contribution in [1.82, 2.24) is 4.90 Å². The van der Waals surface area contributed by atoms with Crippen LogP contribution in [-0.2, 0) is 4.79 Å². The summed E-state index contributed by atoms with van der Waals surface area (Å²) in [6.07, 6.45) is 4.38. The number of rotatable bonds is 3. The molecule has 1 aliphatic carbocycles. The van der Waals surface area contributed by atoms with Gasteiger partial charge in [-0.15, -0.1) is 0 Å². The average molecular weight is 239 g/mol. The van der Waals surface area contributed by atoms with E-state index in [-0.39, 0.29) is 11.3 Å². The summed E-state index contributed by atoms with van der Waals surface area (Å²) in [4.78, 5) is 14.6. The Bertz CT molecular complexity index is 288. The second-order valence-electron chi connectivity index (χ2n) is 6.43. The molecule has 2 atom stereocenters. The first-order valence-electron chi connectivity index (χ1n) is 6.90. The van der Waals surface area contributed by atoms with Crippen molar-refractivity contribution in [2.75, 3.05) is 26.2 Å². The SMILES string of the molecule is CC1(C)CCC(CN2CCCC(CO)C2)C1=O. The Balaban J connectivity index is 1.87. The summed E-state index contributed by atoms with van der Waals surface area (Å²) in [5.41, 5.74) is -0.100. The minimum absolute atomic E-state index is 0.100. The molecule has 2 aliphatic rings. The fourth-order valence-electron chi connectivity index (χ4n) is 3.29. The second kappa shape index (κ2) is 5.07. The lowest BCUT2D eigenvalue weighted by molar-refractivity contribution is -0.128. The number of piperidine rings is 1. The molecule has 2 unspecified atom stereocenters.